The molecule has 2 aromatic heterocycles. The maximum atomic E-state index is 13.4. The quantitative estimate of drug-likeness (QED) is 0.544. The Morgan fingerprint density at radius 3 is 2.61 bits per heavy atom. The first-order chi connectivity index (χ1) is 17.1. The zero-order chi connectivity index (χ0) is 25.6. The lowest BCUT2D eigenvalue weighted by atomic mass is 9.95. The lowest BCUT2D eigenvalue weighted by Crippen LogP contribution is -2.48. The number of aliphatic hydroxyl groups is 1. The highest BCUT2D eigenvalue weighted by molar-refractivity contribution is 6.32. The molecule has 2 N–H and O–H groups in total. The molecule has 1 unspecified atom stereocenters. The summed E-state index contributed by atoms with van der Waals surface area (Å²) in [5.41, 5.74) is 0.896. The van der Waals surface area contributed by atoms with E-state index in [1.165, 1.54) is 12.1 Å². The number of anilines is 1. The number of benzene rings is 1. The average molecular weight is 524 g/mol. The van der Waals surface area contributed by atoms with E-state index in [1.807, 2.05) is 11.8 Å². The van der Waals surface area contributed by atoms with Crippen molar-refractivity contribution >= 4 is 34.5 Å². The number of amides is 1. The standard InChI is InChI=1S/C24H25ClF3N5O3/c1-13-9-18-16(10-15(13)25)30-23(33(18)21-4-2-3-20(31-21)24(26,27)28)32-7-5-14(6-8-32)22(35)29-17-11-36-12-19(17)34/h2-4,9-10,14,17,19,34H,5-8,11-12H2,1H3,(H,29,35)/t17-,19?/m0/s1. The molecule has 2 aliphatic rings. The van der Waals surface area contributed by atoms with Crippen LogP contribution < -0.4 is 10.2 Å². The fourth-order valence-corrected chi connectivity index (χ4v) is 4.81. The number of piperidine rings is 1. The predicted molar refractivity (Wildman–Crippen MR) is 127 cm³/mol. The van der Waals surface area contributed by atoms with Gasteiger partial charge in [-0.2, -0.15) is 13.2 Å². The zero-order valence-electron chi connectivity index (χ0n) is 19.4. The Kier molecular flexibility index (Phi) is 6.56. The molecule has 2 atom stereocenters. The number of hydrogen-bond acceptors (Lipinski definition) is 6. The van der Waals surface area contributed by atoms with Gasteiger partial charge in [0.15, 0.2) is 0 Å². The largest absolute Gasteiger partial charge is 0.433 e. The third-order valence-electron chi connectivity index (χ3n) is 6.70. The molecule has 4 heterocycles. The van der Waals surface area contributed by atoms with Gasteiger partial charge in [0.1, 0.15) is 11.5 Å². The number of aryl methyl sites for hydroxylation is 1. The number of nitrogens with one attached hydrogen (secondary N) is 1. The first-order valence-electron chi connectivity index (χ1n) is 11.7. The van der Waals surface area contributed by atoms with E-state index in [-0.39, 0.29) is 30.9 Å². The van der Waals surface area contributed by atoms with E-state index in [1.54, 1.807) is 16.7 Å². The number of aliphatic hydroxyl groups excluding tert-OH is 1. The van der Waals surface area contributed by atoms with Gasteiger partial charge in [0, 0.05) is 24.0 Å². The highest BCUT2D eigenvalue weighted by Crippen LogP contribution is 2.34. The number of ether oxygens (including phenoxy) is 1. The molecule has 0 aliphatic carbocycles. The Morgan fingerprint density at radius 1 is 1.19 bits per heavy atom. The van der Waals surface area contributed by atoms with E-state index in [0.717, 1.165) is 11.6 Å². The van der Waals surface area contributed by atoms with Crippen molar-refractivity contribution in [3.8, 4) is 5.82 Å². The number of pyridine rings is 1. The molecular formula is C24H25ClF3N5O3. The Labute approximate surface area is 210 Å². The number of aromatic nitrogens is 3. The van der Waals surface area contributed by atoms with Crippen molar-refractivity contribution in [3.05, 3.63) is 46.6 Å². The zero-order valence-corrected chi connectivity index (χ0v) is 20.2. The van der Waals surface area contributed by atoms with Crippen LogP contribution in [0.4, 0.5) is 19.1 Å². The van der Waals surface area contributed by atoms with E-state index in [9.17, 15) is 23.1 Å². The lowest BCUT2D eigenvalue weighted by Gasteiger charge is -2.33. The number of hydrogen-bond donors (Lipinski definition) is 2. The van der Waals surface area contributed by atoms with Crippen molar-refractivity contribution < 1.29 is 27.8 Å². The lowest BCUT2D eigenvalue weighted by molar-refractivity contribution is -0.141. The van der Waals surface area contributed by atoms with E-state index in [0.29, 0.717) is 47.9 Å². The highest BCUT2D eigenvalue weighted by atomic mass is 35.5. The minimum absolute atomic E-state index is 0.0964. The molecule has 5 rings (SSSR count). The van der Waals surface area contributed by atoms with Crippen molar-refractivity contribution in [3.63, 3.8) is 0 Å². The first kappa shape index (κ1) is 24.8. The number of halogens is 4. The van der Waals surface area contributed by atoms with Crippen molar-refractivity contribution in [2.75, 3.05) is 31.2 Å². The smallest absolute Gasteiger partial charge is 0.388 e. The fourth-order valence-electron chi connectivity index (χ4n) is 4.66. The summed E-state index contributed by atoms with van der Waals surface area (Å²) in [5, 5.41) is 13.3. The summed E-state index contributed by atoms with van der Waals surface area (Å²) in [6.45, 7) is 3.23. The second kappa shape index (κ2) is 9.53. The SMILES string of the molecule is Cc1cc2c(cc1Cl)nc(N1CCC(C(=O)N[C@H]3COCC3O)CC1)n2-c1cccc(C(F)(F)F)n1. The van der Waals surface area contributed by atoms with Crippen LogP contribution in [0.5, 0.6) is 0 Å². The van der Waals surface area contributed by atoms with Gasteiger partial charge < -0.3 is 20.1 Å². The second-order valence-corrected chi connectivity index (χ2v) is 9.60. The summed E-state index contributed by atoms with van der Waals surface area (Å²) < 4.78 is 47.0. The summed E-state index contributed by atoms with van der Waals surface area (Å²) in [6, 6.07) is 6.82. The summed E-state index contributed by atoms with van der Waals surface area (Å²) in [5.74, 6) is 0.144. The van der Waals surface area contributed by atoms with E-state index in [4.69, 9.17) is 21.3 Å². The van der Waals surface area contributed by atoms with Gasteiger partial charge in [-0.1, -0.05) is 17.7 Å². The van der Waals surface area contributed by atoms with Crippen LogP contribution in [-0.4, -0.2) is 64.0 Å². The topological polar surface area (TPSA) is 92.5 Å². The van der Waals surface area contributed by atoms with Gasteiger partial charge in [0.25, 0.3) is 0 Å². The van der Waals surface area contributed by atoms with Crippen molar-refractivity contribution in [2.45, 2.75) is 38.1 Å². The van der Waals surface area contributed by atoms with Crippen LogP contribution in [0.25, 0.3) is 16.9 Å². The van der Waals surface area contributed by atoms with Gasteiger partial charge in [-0.3, -0.25) is 9.36 Å². The molecule has 0 saturated carbocycles. The van der Waals surface area contributed by atoms with Crippen molar-refractivity contribution in [1.29, 1.82) is 0 Å². The van der Waals surface area contributed by atoms with Gasteiger partial charge >= 0.3 is 6.18 Å². The molecule has 0 radical (unpaired) electrons. The number of imidazole rings is 1. The monoisotopic (exact) mass is 523 g/mol. The molecule has 36 heavy (non-hydrogen) atoms. The third kappa shape index (κ3) is 4.74. The Morgan fingerprint density at radius 2 is 1.94 bits per heavy atom. The van der Waals surface area contributed by atoms with Crippen LogP contribution in [0.15, 0.2) is 30.3 Å². The molecule has 2 aliphatic heterocycles. The predicted octanol–water partition coefficient (Wildman–Crippen LogP) is 3.49. The number of fused-ring (bicyclic) bond motifs is 1. The van der Waals surface area contributed by atoms with E-state index in [2.05, 4.69) is 10.3 Å². The van der Waals surface area contributed by atoms with Gasteiger partial charge in [-0.15, -0.1) is 0 Å². The maximum absolute atomic E-state index is 13.4. The van der Waals surface area contributed by atoms with Crippen LogP contribution >= 0.6 is 11.6 Å². The Hall–Kier alpha value is -2.89. The number of rotatable bonds is 4. The summed E-state index contributed by atoms with van der Waals surface area (Å²) in [7, 11) is 0. The van der Waals surface area contributed by atoms with Gasteiger partial charge in [-0.05, 0) is 49.6 Å². The van der Waals surface area contributed by atoms with Crippen LogP contribution in [-0.2, 0) is 15.7 Å². The summed E-state index contributed by atoms with van der Waals surface area (Å²) in [6.07, 6.45) is -4.26. The Balaban J connectivity index is 1.44. The van der Waals surface area contributed by atoms with Gasteiger partial charge in [0.2, 0.25) is 11.9 Å². The second-order valence-electron chi connectivity index (χ2n) is 9.20. The Bertz CT molecular complexity index is 1290. The number of alkyl halides is 3. The summed E-state index contributed by atoms with van der Waals surface area (Å²) >= 11 is 6.30. The molecule has 0 spiro atoms. The van der Waals surface area contributed by atoms with Crippen LogP contribution in [0.1, 0.15) is 24.1 Å². The molecule has 2 fully saturated rings. The molecule has 0 bridgehead atoms. The number of carbonyl (C=O) groups is 1. The van der Waals surface area contributed by atoms with Crippen molar-refractivity contribution in [2.24, 2.45) is 5.92 Å². The average Bonchev–Trinajstić information content (AvgIpc) is 3.42. The number of nitrogens with zero attached hydrogens (tertiary/aromatic N) is 4. The molecule has 1 aromatic carbocycles. The van der Waals surface area contributed by atoms with Crippen LogP contribution in [0.3, 0.4) is 0 Å². The fraction of sp³-hybridized carbons (Fsp3) is 0.458. The van der Waals surface area contributed by atoms with E-state index < -0.39 is 24.0 Å². The van der Waals surface area contributed by atoms with Crippen LogP contribution in [0.2, 0.25) is 5.02 Å². The molecule has 12 heteroatoms. The maximum Gasteiger partial charge on any atom is 0.433 e. The van der Waals surface area contributed by atoms with E-state index >= 15 is 0 Å². The summed E-state index contributed by atoms with van der Waals surface area (Å²) in [4.78, 5) is 23.3. The van der Waals surface area contributed by atoms with Gasteiger partial charge in [0.05, 0.1) is 36.4 Å². The van der Waals surface area contributed by atoms with Crippen molar-refractivity contribution in [1.82, 2.24) is 19.9 Å². The molecule has 8 nitrogen and oxygen atoms in total. The van der Waals surface area contributed by atoms with Crippen LogP contribution in [0, 0.1) is 12.8 Å². The third-order valence-corrected chi connectivity index (χ3v) is 7.11. The highest BCUT2D eigenvalue weighted by Gasteiger charge is 2.35. The molecular weight excluding hydrogens is 499 g/mol. The molecule has 3 aromatic rings. The normalized spacial score (nSPS) is 21.3. The first-order valence-corrected chi connectivity index (χ1v) is 12.0. The minimum Gasteiger partial charge on any atom is -0.388 e. The molecule has 192 valence electrons. The molecule has 1 amide bonds. The number of carbonyl (C=O) groups excluding carboxylic acids is 1. The molecule has 2 saturated heterocycles. The minimum atomic E-state index is -4.59. The van der Waals surface area contributed by atoms with Gasteiger partial charge in [-0.25, -0.2) is 9.97 Å².